The molecule has 1 aromatic heterocycles. The number of hydrogen-bond donors (Lipinski definition) is 1. The van der Waals surface area contributed by atoms with Gasteiger partial charge in [0.2, 0.25) is 0 Å². The van der Waals surface area contributed by atoms with Crippen molar-refractivity contribution < 1.29 is 0 Å². The Kier molecular flexibility index (Phi) is 3.03. The SMILES string of the molecule is CC1=CC(C)CC(=Nc2ccc3ccccc3n2)N1. The first-order chi connectivity index (χ1) is 9.20. The number of pyridine rings is 1. The second-order valence-corrected chi connectivity index (χ2v) is 5.08. The molecule has 3 rings (SSSR count). The lowest BCUT2D eigenvalue weighted by Crippen LogP contribution is -2.27. The first kappa shape index (κ1) is 11.9. The molecule has 0 saturated heterocycles. The number of benzene rings is 1. The number of para-hydroxylation sites is 1. The monoisotopic (exact) mass is 251 g/mol. The van der Waals surface area contributed by atoms with E-state index >= 15 is 0 Å². The summed E-state index contributed by atoms with van der Waals surface area (Å²) in [4.78, 5) is 9.20. The molecule has 19 heavy (non-hydrogen) atoms. The van der Waals surface area contributed by atoms with Gasteiger partial charge in [0.25, 0.3) is 0 Å². The van der Waals surface area contributed by atoms with Gasteiger partial charge in [-0.1, -0.05) is 31.2 Å². The maximum Gasteiger partial charge on any atom is 0.154 e. The first-order valence-electron chi connectivity index (χ1n) is 6.59. The third-order valence-electron chi connectivity index (χ3n) is 3.22. The molecule has 0 saturated carbocycles. The number of nitrogens with zero attached hydrogens (tertiary/aromatic N) is 2. The minimum Gasteiger partial charge on any atom is -0.348 e. The molecule has 2 aromatic rings. The van der Waals surface area contributed by atoms with Crippen LogP contribution in [0.25, 0.3) is 10.9 Å². The van der Waals surface area contributed by atoms with Crippen LogP contribution in [0.4, 0.5) is 5.82 Å². The van der Waals surface area contributed by atoms with Crippen molar-refractivity contribution in [2.45, 2.75) is 20.3 Å². The Hall–Kier alpha value is -2.16. The van der Waals surface area contributed by atoms with Gasteiger partial charge in [-0.25, -0.2) is 9.98 Å². The summed E-state index contributed by atoms with van der Waals surface area (Å²) >= 11 is 0. The Labute approximate surface area is 113 Å². The predicted molar refractivity (Wildman–Crippen MR) is 79.5 cm³/mol. The van der Waals surface area contributed by atoms with Crippen molar-refractivity contribution in [3.05, 3.63) is 48.2 Å². The third kappa shape index (κ3) is 2.65. The molecule has 1 aromatic carbocycles. The van der Waals surface area contributed by atoms with E-state index in [-0.39, 0.29) is 0 Å². The van der Waals surface area contributed by atoms with Gasteiger partial charge < -0.3 is 5.32 Å². The molecule has 0 aliphatic carbocycles. The van der Waals surface area contributed by atoms with Crippen molar-refractivity contribution >= 4 is 22.6 Å². The molecule has 0 fully saturated rings. The van der Waals surface area contributed by atoms with Gasteiger partial charge in [0.15, 0.2) is 5.82 Å². The summed E-state index contributed by atoms with van der Waals surface area (Å²) in [5.41, 5.74) is 2.15. The zero-order chi connectivity index (χ0) is 13.2. The second kappa shape index (κ2) is 4.84. The molecule has 0 spiro atoms. The van der Waals surface area contributed by atoms with E-state index in [1.165, 1.54) is 5.70 Å². The highest BCUT2D eigenvalue weighted by Gasteiger charge is 2.12. The second-order valence-electron chi connectivity index (χ2n) is 5.08. The summed E-state index contributed by atoms with van der Waals surface area (Å²) in [6.45, 7) is 4.27. The fourth-order valence-electron chi connectivity index (χ4n) is 2.44. The highest BCUT2D eigenvalue weighted by atomic mass is 15.0. The zero-order valence-corrected chi connectivity index (χ0v) is 11.2. The Morgan fingerprint density at radius 2 is 2.05 bits per heavy atom. The van der Waals surface area contributed by atoms with Crippen molar-refractivity contribution in [3.63, 3.8) is 0 Å². The summed E-state index contributed by atoms with van der Waals surface area (Å²) in [5, 5.41) is 4.46. The van der Waals surface area contributed by atoms with Crippen LogP contribution in [-0.4, -0.2) is 10.8 Å². The van der Waals surface area contributed by atoms with Gasteiger partial charge in [0, 0.05) is 17.5 Å². The van der Waals surface area contributed by atoms with E-state index < -0.39 is 0 Å². The van der Waals surface area contributed by atoms with E-state index in [1.807, 2.05) is 24.3 Å². The minimum atomic E-state index is 0.528. The van der Waals surface area contributed by atoms with Crippen molar-refractivity contribution in [1.82, 2.24) is 10.3 Å². The van der Waals surface area contributed by atoms with Gasteiger partial charge in [-0.3, -0.25) is 0 Å². The molecule has 1 N–H and O–H groups in total. The van der Waals surface area contributed by atoms with E-state index in [0.29, 0.717) is 5.92 Å². The van der Waals surface area contributed by atoms with Crippen LogP contribution in [0.2, 0.25) is 0 Å². The average molecular weight is 251 g/mol. The molecule has 1 unspecified atom stereocenters. The largest absolute Gasteiger partial charge is 0.348 e. The summed E-state index contributed by atoms with van der Waals surface area (Å²) in [6, 6.07) is 12.1. The van der Waals surface area contributed by atoms with E-state index in [2.05, 4.69) is 47.3 Å². The number of amidine groups is 1. The lowest BCUT2D eigenvalue weighted by atomic mass is 10.0. The molecule has 2 heterocycles. The molecule has 1 aliphatic heterocycles. The standard InChI is InChI=1S/C16H17N3/c1-11-9-12(2)17-16(10-11)19-15-8-7-13-5-3-4-6-14(13)18-15/h3-9,11H,10H2,1-2H3,(H,17,18,19). The summed E-state index contributed by atoms with van der Waals surface area (Å²) < 4.78 is 0. The highest BCUT2D eigenvalue weighted by molar-refractivity contribution is 5.88. The maximum atomic E-state index is 4.62. The van der Waals surface area contributed by atoms with Crippen LogP contribution in [0.1, 0.15) is 20.3 Å². The Balaban J connectivity index is 1.95. The van der Waals surface area contributed by atoms with Gasteiger partial charge in [-0.2, -0.15) is 0 Å². The molecular weight excluding hydrogens is 234 g/mol. The summed E-state index contributed by atoms with van der Waals surface area (Å²) in [6.07, 6.45) is 3.17. The number of aliphatic imine (C=N–C) groups is 1. The van der Waals surface area contributed by atoms with Crippen molar-refractivity contribution in [1.29, 1.82) is 0 Å². The Morgan fingerprint density at radius 1 is 1.21 bits per heavy atom. The molecule has 3 heteroatoms. The van der Waals surface area contributed by atoms with E-state index in [1.54, 1.807) is 0 Å². The molecule has 96 valence electrons. The van der Waals surface area contributed by atoms with Gasteiger partial charge >= 0.3 is 0 Å². The van der Waals surface area contributed by atoms with Gasteiger partial charge in [0.05, 0.1) is 5.52 Å². The van der Waals surface area contributed by atoms with Crippen LogP contribution in [0, 0.1) is 5.92 Å². The van der Waals surface area contributed by atoms with Crippen molar-refractivity contribution in [2.24, 2.45) is 10.9 Å². The van der Waals surface area contributed by atoms with E-state index in [9.17, 15) is 0 Å². The molecule has 1 aliphatic rings. The van der Waals surface area contributed by atoms with Crippen LogP contribution in [-0.2, 0) is 0 Å². The van der Waals surface area contributed by atoms with Crippen LogP contribution in [0.5, 0.6) is 0 Å². The molecule has 0 bridgehead atoms. The number of hydrogen-bond acceptors (Lipinski definition) is 2. The van der Waals surface area contributed by atoms with Crippen molar-refractivity contribution in [2.75, 3.05) is 0 Å². The summed E-state index contributed by atoms with van der Waals surface area (Å²) in [7, 11) is 0. The molecule has 0 amide bonds. The first-order valence-corrected chi connectivity index (χ1v) is 6.59. The summed E-state index contributed by atoms with van der Waals surface area (Å²) in [5.74, 6) is 2.29. The molecule has 1 atom stereocenters. The topological polar surface area (TPSA) is 37.3 Å². The lowest BCUT2D eigenvalue weighted by Gasteiger charge is -2.19. The third-order valence-corrected chi connectivity index (χ3v) is 3.22. The number of nitrogens with one attached hydrogen (secondary N) is 1. The quantitative estimate of drug-likeness (QED) is 0.837. The van der Waals surface area contributed by atoms with Gasteiger partial charge in [-0.15, -0.1) is 0 Å². The molecule has 0 radical (unpaired) electrons. The van der Waals surface area contributed by atoms with Crippen LogP contribution in [0.15, 0.2) is 53.2 Å². The number of aromatic nitrogens is 1. The van der Waals surface area contributed by atoms with Crippen LogP contribution in [0.3, 0.4) is 0 Å². The maximum absolute atomic E-state index is 4.62. The lowest BCUT2D eigenvalue weighted by molar-refractivity contribution is 0.714. The minimum absolute atomic E-state index is 0.528. The van der Waals surface area contributed by atoms with Gasteiger partial charge in [0.1, 0.15) is 5.84 Å². The van der Waals surface area contributed by atoms with E-state index in [4.69, 9.17) is 0 Å². The Morgan fingerprint density at radius 3 is 2.89 bits per heavy atom. The fraction of sp³-hybridized carbons (Fsp3) is 0.250. The highest BCUT2D eigenvalue weighted by Crippen LogP contribution is 2.19. The number of fused-ring (bicyclic) bond motifs is 1. The normalized spacial score (nSPS) is 21.3. The smallest absolute Gasteiger partial charge is 0.154 e. The van der Waals surface area contributed by atoms with Crippen LogP contribution < -0.4 is 5.32 Å². The average Bonchev–Trinajstić information content (AvgIpc) is 2.37. The van der Waals surface area contributed by atoms with Crippen LogP contribution >= 0.6 is 0 Å². The number of allylic oxidation sites excluding steroid dienone is 2. The zero-order valence-electron chi connectivity index (χ0n) is 11.2. The van der Waals surface area contributed by atoms with E-state index in [0.717, 1.165) is 29.0 Å². The fourth-order valence-corrected chi connectivity index (χ4v) is 2.44. The van der Waals surface area contributed by atoms with Gasteiger partial charge in [-0.05, 0) is 31.0 Å². The molecule has 3 nitrogen and oxygen atoms in total. The van der Waals surface area contributed by atoms with Crippen molar-refractivity contribution in [3.8, 4) is 0 Å². The molecular formula is C16H17N3. The predicted octanol–water partition coefficient (Wildman–Crippen LogP) is 3.80. The number of rotatable bonds is 1. The Bertz CT molecular complexity index is 671.